The third-order valence-corrected chi connectivity index (χ3v) is 6.88. The normalized spacial score (nSPS) is 15.6. The van der Waals surface area contributed by atoms with Gasteiger partial charge in [0.05, 0.1) is 17.4 Å². The number of carbonyl (C=O) groups excluding carboxylic acids is 2. The standard InChI is InChI=1S/C26H19Cl2NO4S/c27-18-11-9-16(10-12-18)23-22(24(32)17-5-2-1-3-6-17)25(34-14-13-21(30)31)26(33)29(23)20-8-4-7-19(28)15-20/h1-12,15,23H,13-14H2,(H,30,31). The van der Waals surface area contributed by atoms with E-state index in [1.165, 1.54) is 4.90 Å². The summed E-state index contributed by atoms with van der Waals surface area (Å²) >= 11 is 13.4. The van der Waals surface area contributed by atoms with Crippen LogP contribution < -0.4 is 4.90 Å². The maximum absolute atomic E-state index is 13.8. The van der Waals surface area contributed by atoms with Crippen LogP contribution in [-0.4, -0.2) is 28.5 Å². The van der Waals surface area contributed by atoms with Gasteiger partial charge in [-0.05, 0) is 35.9 Å². The van der Waals surface area contributed by atoms with Crippen molar-refractivity contribution >= 4 is 58.3 Å². The molecule has 0 saturated heterocycles. The predicted octanol–water partition coefficient (Wildman–Crippen LogP) is 6.43. The number of ketones is 1. The summed E-state index contributed by atoms with van der Waals surface area (Å²) in [5.41, 5.74) is 1.97. The van der Waals surface area contributed by atoms with E-state index < -0.39 is 12.0 Å². The van der Waals surface area contributed by atoms with Gasteiger partial charge >= 0.3 is 5.97 Å². The van der Waals surface area contributed by atoms with Crippen LogP contribution in [0, 0.1) is 0 Å². The highest BCUT2D eigenvalue weighted by atomic mass is 35.5. The van der Waals surface area contributed by atoms with Gasteiger partial charge in [0.15, 0.2) is 5.78 Å². The summed E-state index contributed by atoms with van der Waals surface area (Å²) in [7, 11) is 0. The van der Waals surface area contributed by atoms with Crippen molar-refractivity contribution in [2.75, 3.05) is 10.7 Å². The number of thioether (sulfide) groups is 1. The van der Waals surface area contributed by atoms with E-state index in [0.29, 0.717) is 32.4 Å². The third kappa shape index (κ3) is 5.04. The van der Waals surface area contributed by atoms with Crippen molar-refractivity contribution in [1.82, 2.24) is 0 Å². The van der Waals surface area contributed by atoms with E-state index in [0.717, 1.165) is 11.8 Å². The van der Waals surface area contributed by atoms with E-state index in [1.807, 2.05) is 6.07 Å². The minimum Gasteiger partial charge on any atom is -0.481 e. The van der Waals surface area contributed by atoms with E-state index >= 15 is 0 Å². The SMILES string of the molecule is O=C(O)CCSC1=C(C(=O)c2ccccc2)C(c2ccc(Cl)cc2)N(c2cccc(Cl)c2)C1=O. The molecular weight excluding hydrogens is 493 g/mol. The van der Waals surface area contributed by atoms with Crippen molar-refractivity contribution in [2.24, 2.45) is 0 Å². The number of Topliss-reactive ketones (excluding diaryl/α,β-unsaturated/α-hetero) is 1. The van der Waals surface area contributed by atoms with Gasteiger partial charge in [0.2, 0.25) is 0 Å². The first-order chi connectivity index (χ1) is 16.4. The second-order valence-electron chi connectivity index (χ2n) is 7.54. The number of benzene rings is 3. The Balaban J connectivity index is 1.90. The molecule has 1 amide bonds. The smallest absolute Gasteiger partial charge is 0.304 e. The van der Waals surface area contributed by atoms with Crippen LogP contribution in [0.2, 0.25) is 10.0 Å². The molecule has 0 aromatic heterocycles. The number of anilines is 1. The molecular formula is C26H19Cl2NO4S. The maximum Gasteiger partial charge on any atom is 0.304 e. The van der Waals surface area contributed by atoms with E-state index in [9.17, 15) is 14.4 Å². The third-order valence-electron chi connectivity index (χ3n) is 5.30. The molecule has 3 aromatic carbocycles. The summed E-state index contributed by atoms with van der Waals surface area (Å²) in [6.45, 7) is 0. The molecule has 1 N–H and O–H groups in total. The molecule has 1 aliphatic heterocycles. The van der Waals surface area contributed by atoms with Gasteiger partial charge in [-0.2, -0.15) is 0 Å². The summed E-state index contributed by atoms with van der Waals surface area (Å²) in [4.78, 5) is 40.4. The molecule has 5 nitrogen and oxygen atoms in total. The molecule has 0 fully saturated rings. The minimum absolute atomic E-state index is 0.142. The van der Waals surface area contributed by atoms with Crippen molar-refractivity contribution in [2.45, 2.75) is 12.5 Å². The number of carboxylic acids is 1. The summed E-state index contributed by atoms with van der Waals surface area (Å²) in [5.74, 6) is -1.50. The Kier molecular flexibility index (Phi) is 7.41. The topological polar surface area (TPSA) is 74.7 Å². The first-order valence-corrected chi connectivity index (χ1v) is 12.1. The Morgan fingerprint density at radius 3 is 2.26 bits per heavy atom. The van der Waals surface area contributed by atoms with Crippen molar-refractivity contribution < 1.29 is 19.5 Å². The van der Waals surface area contributed by atoms with Crippen molar-refractivity contribution in [3.8, 4) is 0 Å². The number of rotatable bonds is 8. The number of carbonyl (C=O) groups is 3. The van der Waals surface area contributed by atoms with Gasteiger partial charge in [-0.15, -0.1) is 11.8 Å². The Labute approximate surface area is 211 Å². The quantitative estimate of drug-likeness (QED) is 0.353. The first kappa shape index (κ1) is 24.1. The summed E-state index contributed by atoms with van der Waals surface area (Å²) < 4.78 is 0. The van der Waals surface area contributed by atoms with Crippen LogP contribution in [0.5, 0.6) is 0 Å². The molecule has 0 saturated carbocycles. The zero-order valence-electron chi connectivity index (χ0n) is 17.8. The van der Waals surface area contributed by atoms with Crippen LogP contribution in [0.3, 0.4) is 0 Å². The van der Waals surface area contributed by atoms with Gasteiger partial charge in [0.25, 0.3) is 5.91 Å². The van der Waals surface area contributed by atoms with Gasteiger partial charge in [-0.3, -0.25) is 19.3 Å². The van der Waals surface area contributed by atoms with Crippen LogP contribution >= 0.6 is 35.0 Å². The van der Waals surface area contributed by atoms with Gasteiger partial charge in [-0.1, -0.05) is 71.7 Å². The fourth-order valence-electron chi connectivity index (χ4n) is 3.80. The summed E-state index contributed by atoms with van der Waals surface area (Å²) in [6, 6.07) is 21.8. The molecule has 4 rings (SSSR count). The van der Waals surface area contributed by atoms with Gasteiger partial charge < -0.3 is 5.11 Å². The number of nitrogens with zero attached hydrogens (tertiary/aromatic N) is 1. The van der Waals surface area contributed by atoms with Crippen LogP contribution in [0.1, 0.15) is 28.4 Å². The average molecular weight is 512 g/mol. The molecule has 0 bridgehead atoms. The second kappa shape index (κ2) is 10.5. The van der Waals surface area contributed by atoms with E-state index in [4.69, 9.17) is 28.3 Å². The summed E-state index contributed by atoms with van der Waals surface area (Å²) in [6.07, 6.45) is -0.142. The van der Waals surface area contributed by atoms with E-state index in [2.05, 4.69) is 0 Å². The molecule has 1 atom stereocenters. The van der Waals surface area contributed by atoms with Crippen molar-refractivity contribution in [3.05, 3.63) is 111 Å². The highest BCUT2D eigenvalue weighted by Crippen LogP contribution is 2.46. The molecule has 8 heteroatoms. The van der Waals surface area contributed by atoms with Gasteiger partial charge in [0.1, 0.15) is 0 Å². The lowest BCUT2D eigenvalue weighted by Gasteiger charge is -2.27. The van der Waals surface area contributed by atoms with E-state index in [-0.39, 0.29) is 28.8 Å². The number of carboxylic acid groups (broad SMARTS) is 1. The highest BCUT2D eigenvalue weighted by Gasteiger charge is 2.44. The molecule has 1 aliphatic rings. The zero-order valence-corrected chi connectivity index (χ0v) is 20.1. The molecule has 0 radical (unpaired) electrons. The predicted molar refractivity (Wildman–Crippen MR) is 136 cm³/mol. The van der Waals surface area contributed by atoms with Gasteiger partial charge in [0, 0.05) is 32.6 Å². The maximum atomic E-state index is 13.8. The van der Waals surface area contributed by atoms with Crippen LogP contribution in [0.25, 0.3) is 0 Å². The van der Waals surface area contributed by atoms with Gasteiger partial charge in [-0.25, -0.2) is 0 Å². The number of hydrogen-bond acceptors (Lipinski definition) is 4. The lowest BCUT2D eigenvalue weighted by atomic mass is 9.93. The van der Waals surface area contributed by atoms with Crippen molar-refractivity contribution in [1.29, 1.82) is 0 Å². The Morgan fingerprint density at radius 1 is 0.912 bits per heavy atom. The van der Waals surface area contributed by atoms with Crippen LogP contribution in [0.4, 0.5) is 5.69 Å². The zero-order chi connectivity index (χ0) is 24.2. The Bertz CT molecular complexity index is 1280. The first-order valence-electron chi connectivity index (χ1n) is 10.4. The largest absolute Gasteiger partial charge is 0.481 e. The molecule has 0 aliphatic carbocycles. The van der Waals surface area contributed by atoms with E-state index in [1.54, 1.807) is 72.8 Å². The molecule has 0 spiro atoms. The van der Waals surface area contributed by atoms with Crippen LogP contribution in [-0.2, 0) is 9.59 Å². The molecule has 3 aromatic rings. The molecule has 172 valence electrons. The second-order valence-corrected chi connectivity index (χ2v) is 9.52. The highest BCUT2D eigenvalue weighted by molar-refractivity contribution is 8.04. The molecule has 34 heavy (non-hydrogen) atoms. The lowest BCUT2D eigenvalue weighted by Crippen LogP contribution is -2.30. The number of halogens is 2. The Hall–Kier alpha value is -3.06. The monoisotopic (exact) mass is 511 g/mol. The lowest BCUT2D eigenvalue weighted by molar-refractivity contribution is -0.136. The summed E-state index contributed by atoms with van der Waals surface area (Å²) in [5, 5.41) is 10.1. The minimum atomic E-state index is -0.976. The molecule has 1 heterocycles. The number of aliphatic carboxylic acids is 1. The number of hydrogen-bond donors (Lipinski definition) is 1. The Morgan fingerprint density at radius 2 is 1.62 bits per heavy atom. The van der Waals surface area contributed by atoms with Crippen molar-refractivity contribution in [3.63, 3.8) is 0 Å². The average Bonchev–Trinajstić information content (AvgIpc) is 3.11. The number of amides is 1. The molecule has 1 unspecified atom stereocenters. The fraction of sp³-hybridized carbons (Fsp3) is 0.115. The van der Waals surface area contributed by atoms with Crippen LogP contribution in [0.15, 0.2) is 89.3 Å². The fourth-order valence-corrected chi connectivity index (χ4v) is 5.17.